The van der Waals surface area contributed by atoms with Crippen LogP contribution in [-0.2, 0) is 0 Å². The monoisotopic (exact) mass is 136 g/mol. The molecule has 0 saturated carbocycles. The molecule has 0 unspecified atom stereocenters. The molecule has 0 aromatic carbocycles. The average molecular weight is 136 g/mol. The number of hydrazine groups is 1. The number of nitrogens with two attached hydrogens (primary N) is 3. The Morgan fingerprint density at radius 2 is 1.33 bits per heavy atom. The molecule has 0 aliphatic heterocycles. The maximum atomic E-state index is 4.85. The third kappa shape index (κ3) is 379. The molecular weight excluding hydrogens is 116 g/mol. The van der Waals surface area contributed by atoms with Crippen LogP contribution in [0.2, 0.25) is 0 Å². The van der Waals surface area contributed by atoms with E-state index in [1.165, 1.54) is 0 Å². The van der Waals surface area contributed by atoms with E-state index >= 15 is 0 Å². The average Bonchev–Trinajstić information content (AvgIpc) is 1.94. The van der Waals surface area contributed by atoms with Crippen LogP contribution >= 0.6 is 0 Å². The van der Waals surface area contributed by atoms with Crippen molar-refractivity contribution < 1.29 is 0 Å². The molecule has 0 bridgehead atoms. The Morgan fingerprint density at radius 3 is 1.33 bits per heavy atom. The van der Waals surface area contributed by atoms with Crippen molar-refractivity contribution in [3.8, 4) is 0 Å². The van der Waals surface area contributed by atoms with Gasteiger partial charge in [-0.1, -0.05) is 20.8 Å². The van der Waals surface area contributed by atoms with Gasteiger partial charge >= 0.3 is 0 Å². The van der Waals surface area contributed by atoms with E-state index in [9.17, 15) is 0 Å². The molecule has 0 saturated heterocycles. The van der Waals surface area contributed by atoms with Gasteiger partial charge in [0, 0.05) is 0 Å². The Hall–Kier alpha value is -0.160. The zero-order valence-electron chi connectivity index (χ0n) is 6.65. The van der Waals surface area contributed by atoms with Gasteiger partial charge < -0.3 is 11.5 Å². The van der Waals surface area contributed by atoms with E-state index in [1.54, 1.807) is 0 Å². The molecule has 0 fully saturated rings. The molecule has 0 spiro atoms. The van der Waals surface area contributed by atoms with Gasteiger partial charge in [0.15, 0.2) is 0 Å². The van der Waals surface area contributed by atoms with Crippen molar-refractivity contribution in [2.75, 3.05) is 13.2 Å². The molecule has 9 heavy (non-hydrogen) atoms. The van der Waals surface area contributed by atoms with Crippen molar-refractivity contribution >= 4 is 0 Å². The first-order valence-corrected chi connectivity index (χ1v) is 3.17. The molecule has 0 aliphatic rings. The second-order valence-corrected chi connectivity index (χ2v) is 0.816. The highest BCUT2D eigenvalue weighted by Crippen LogP contribution is 1.20. The predicted octanol–water partition coefficient (Wildman–Crippen LogP) is -0.643. The van der Waals surface area contributed by atoms with Crippen LogP contribution in [0.1, 0.15) is 20.8 Å². The van der Waals surface area contributed by atoms with Gasteiger partial charge in [-0.05, 0) is 6.54 Å². The van der Waals surface area contributed by atoms with E-state index in [-0.39, 0.29) is 0 Å². The van der Waals surface area contributed by atoms with Gasteiger partial charge in [-0.25, -0.2) is 5.43 Å². The highest BCUT2D eigenvalue weighted by molar-refractivity contribution is 4.06. The molecule has 0 atom stereocenters. The van der Waals surface area contributed by atoms with E-state index in [0.29, 0.717) is 6.67 Å². The summed E-state index contributed by atoms with van der Waals surface area (Å²) in [7, 11) is 0. The minimum absolute atomic E-state index is 0.347. The van der Waals surface area contributed by atoms with Crippen LogP contribution in [0.3, 0.4) is 0 Å². The van der Waals surface area contributed by atoms with E-state index in [1.807, 2.05) is 20.8 Å². The van der Waals surface area contributed by atoms with Gasteiger partial charge in [0.05, 0.1) is 6.67 Å². The second-order valence-electron chi connectivity index (χ2n) is 0.816. The summed E-state index contributed by atoms with van der Waals surface area (Å²) >= 11 is 0. The maximum Gasteiger partial charge on any atom is 0.0562 e. The summed E-state index contributed by atoms with van der Waals surface area (Å²) in [6.45, 7) is 7.00. The van der Waals surface area contributed by atoms with Crippen LogP contribution in [-0.4, -0.2) is 13.2 Å². The van der Waals surface area contributed by atoms with Crippen LogP contribution in [0, 0.1) is 0 Å². The van der Waals surface area contributed by atoms with E-state index in [2.05, 4.69) is 11.3 Å². The lowest BCUT2D eigenvalue weighted by molar-refractivity contribution is 0.758. The molecule has 0 aliphatic carbocycles. The topological polar surface area (TPSA) is 90.1 Å². The molecule has 0 heterocycles. The molecular formula is C5H20N4. The van der Waals surface area contributed by atoms with E-state index in [4.69, 9.17) is 11.5 Å². The molecule has 7 N–H and O–H groups in total. The van der Waals surface area contributed by atoms with Crippen molar-refractivity contribution in [1.82, 2.24) is 5.43 Å². The summed E-state index contributed by atoms with van der Waals surface area (Å²) in [5, 5.41) is 0. The van der Waals surface area contributed by atoms with Crippen LogP contribution < -0.4 is 22.7 Å². The highest BCUT2D eigenvalue weighted by atomic mass is 15.2. The normalized spacial score (nSPS) is 6.00. The summed E-state index contributed by atoms with van der Waals surface area (Å²) < 4.78 is 0. The SMILES string of the molecule is CC.CCN.NCNN. The molecule has 0 amide bonds. The first kappa shape index (κ1) is 15.9. The third-order valence-corrected chi connectivity index (χ3v) is 0.118. The second kappa shape index (κ2) is 45.5. The Bertz CT molecular complexity index is 16.4. The summed E-state index contributed by atoms with van der Waals surface area (Å²) in [5.41, 5.74) is 11.8. The number of rotatable bonds is 1. The van der Waals surface area contributed by atoms with Crippen LogP contribution in [0.15, 0.2) is 0 Å². The first-order valence-electron chi connectivity index (χ1n) is 3.17. The van der Waals surface area contributed by atoms with Crippen molar-refractivity contribution in [3.63, 3.8) is 0 Å². The smallest absolute Gasteiger partial charge is 0.0562 e. The van der Waals surface area contributed by atoms with Gasteiger partial charge in [-0.3, -0.25) is 5.84 Å². The predicted molar refractivity (Wildman–Crippen MR) is 42.5 cm³/mol. The van der Waals surface area contributed by atoms with Crippen molar-refractivity contribution in [2.24, 2.45) is 17.3 Å². The third-order valence-electron chi connectivity index (χ3n) is 0.118. The number of nitrogens with one attached hydrogen (secondary N) is 1. The Morgan fingerprint density at radius 1 is 1.22 bits per heavy atom. The molecule has 0 rings (SSSR count). The maximum absolute atomic E-state index is 4.85. The fraction of sp³-hybridized carbons (Fsp3) is 1.00. The summed E-state index contributed by atoms with van der Waals surface area (Å²) in [5.74, 6) is 4.65. The quantitative estimate of drug-likeness (QED) is 0.219. The Labute approximate surface area is 57.8 Å². The highest BCUT2D eigenvalue weighted by Gasteiger charge is 1.48. The van der Waals surface area contributed by atoms with Gasteiger partial charge in [0.25, 0.3) is 0 Å². The van der Waals surface area contributed by atoms with Crippen molar-refractivity contribution in [2.45, 2.75) is 20.8 Å². The number of hydrogen-bond acceptors (Lipinski definition) is 4. The minimum atomic E-state index is 0.347. The zero-order chi connectivity index (χ0) is 8.12. The first-order chi connectivity index (χ1) is 4.33. The van der Waals surface area contributed by atoms with Gasteiger partial charge in [0.1, 0.15) is 0 Å². The zero-order valence-corrected chi connectivity index (χ0v) is 6.65. The fourth-order valence-electron chi connectivity index (χ4n) is 0. The largest absolute Gasteiger partial charge is 0.331 e. The lowest BCUT2D eigenvalue weighted by Gasteiger charge is -1.78. The van der Waals surface area contributed by atoms with Crippen LogP contribution in [0.4, 0.5) is 0 Å². The summed E-state index contributed by atoms with van der Waals surface area (Å²) in [6, 6.07) is 0. The van der Waals surface area contributed by atoms with E-state index < -0.39 is 0 Å². The molecule has 0 aromatic rings. The van der Waals surface area contributed by atoms with Gasteiger partial charge in [-0.15, -0.1) is 0 Å². The van der Waals surface area contributed by atoms with Gasteiger partial charge in [-0.2, -0.15) is 0 Å². The standard InChI is InChI=1S/C2H7N.C2H6.CH7N3/c1-2-3;1-2;2-1-4-3/h2-3H2,1H3;1-2H3;4H,1-3H2. The van der Waals surface area contributed by atoms with Crippen LogP contribution in [0.5, 0.6) is 0 Å². The molecule has 4 heteroatoms. The van der Waals surface area contributed by atoms with Crippen LogP contribution in [0.25, 0.3) is 0 Å². The summed E-state index contributed by atoms with van der Waals surface area (Å²) in [6.07, 6.45) is 0. The Balaban J connectivity index is -0.0000000646. The van der Waals surface area contributed by atoms with Gasteiger partial charge in [0.2, 0.25) is 0 Å². The number of hydrogen-bond donors (Lipinski definition) is 4. The lowest BCUT2D eigenvalue weighted by atomic mass is 10.8. The lowest BCUT2D eigenvalue weighted by Crippen LogP contribution is -2.28. The van der Waals surface area contributed by atoms with Crippen molar-refractivity contribution in [1.29, 1.82) is 0 Å². The molecule has 60 valence electrons. The Kier molecular flexibility index (Phi) is 80.5. The molecule has 0 radical (unpaired) electrons. The molecule has 4 nitrogen and oxygen atoms in total. The minimum Gasteiger partial charge on any atom is -0.331 e. The molecule has 0 aromatic heterocycles. The fourth-order valence-corrected chi connectivity index (χ4v) is 0. The van der Waals surface area contributed by atoms with Crippen molar-refractivity contribution in [3.05, 3.63) is 0 Å². The summed E-state index contributed by atoms with van der Waals surface area (Å²) in [4.78, 5) is 0. The van der Waals surface area contributed by atoms with E-state index in [0.717, 1.165) is 6.54 Å².